The number of hydrogen-bond acceptors (Lipinski definition) is 2. The van der Waals surface area contributed by atoms with Gasteiger partial charge in [0.15, 0.2) is 0 Å². The van der Waals surface area contributed by atoms with Gasteiger partial charge in [-0.3, -0.25) is 0 Å². The molecule has 1 aliphatic heterocycles. The summed E-state index contributed by atoms with van der Waals surface area (Å²) in [5.74, 6) is -0.524. The SMILES string of the molecule is CC1(C)C[C@H](/C=C/C(=O)O)CCO1. The predicted molar refractivity (Wildman–Crippen MR) is 49.5 cm³/mol. The summed E-state index contributed by atoms with van der Waals surface area (Å²) in [7, 11) is 0. The van der Waals surface area contributed by atoms with Crippen LogP contribution in [0.3, 0.4) is 0 Å². The summed E-state index contributed by atoms with van der Waals surface area (Å²) in [6.07, 6.45) is 4.82. The smallest absolute Gasteiger partial charge is 0.327 e. The zero-order chi connectivity index (χ0) is 9.90. The van der Waals surface area contributed by atoms with E-state index in [1.165, 1.54) is 6.08 Å². The van der Waals surface area contributed by atoms with Crippen molar-refractivity contribution < 1.29 is 14.6 Å². The van der Waals surface area contributed by atoms with Crippen LogP contribution in [0.25, 0.3) is 0 Å². The molecule has 0 aromatic rings. The van der Waals surface area contributed by atoms with Crippen molar-refractivity contribution in [3.63, 3.8) is 0 Å². The number of aliphatic carboxylic acids is 1. The monoisotopic (exact) mass is 184 g/mol. The second-order valence-corrected chi connectivity index (χ2v) is 4.06. The molecule has 0 aliphatic carbocycles. The summed E-state index contributed by atoms with van der Waals surface area (Å²) in [6.45, 7) is 4.79. The Morgan fingerprint density at radius 2 is 2.31 bits per heavy atom. The molecule has 0 spiro atoms. The lowest BCUT2D eigenvalue weighted by Crippen LogP contribution is -2.33. The molecule has 1 aliphatic rings. The average molecular weight is 184 g/mol. The highest BCUT2D eigenvalue weighted by Crippen LogP contribution is 2.29. The van der Waals surface area contributed by atoms with Gasteiger partial charge in [0.05, 0.1) is 5.60 Å². The molecular weight excluding hydrogens is 168 g/mol. The van der Waals surface area contributed by atoms with Crippen molar-refractivity contribution in [2.45, 2.75) is 32.3 Å². The van der Waals surface area contributed by atoms with E-state index in [0.29, 0.717) is 5.92 Å². The number of carboxylic acids is 1. The zero-order valence-electron chi connectivity index (χ0n) is 8.12. The van der Waals surface area contributed by atoms with Gasteiger partial charge in [-0.15, -0.1) is 0 Å². The van der Waals surface area contributed by atoms with Crippen molar-refractivity contribution in [3.05, 3.63) is 12.2 Å². The average Bonchev–Trinajstić information content (AvgIpc) is 1.99. The fraction of sp³-hybridized carbons (Fsp3) is 0.700. The normalized spacial score (nSPS) is 27.7. The molecule has 13 heavy (non-hydrogen) atoms. The van der Waals surface area contributed by atoms with Gasteiger partial charge in [-0.05, 0) is 32.6 Å². The Morgan fingerprint density at radius 3 is 2.85 bits per heavy atom. The Hall–Kier alpha value is -0.830. The van der Waals surface area contributed by atoms with E-state index >= 15 is 0 Å². The summed E-state index contributed by atoms with van der Waals surface area (Å²) in [5.41, 5.74) is -0.105. The van der Waals surface area contributed by atoms with Crippen LogP contribution in [0.5, 0.6) is 0 Å². The molecule has 0 bridgehead atoms. The van der Waals surface area contributed by atoms with Gasteiger partial charge in [0.25, 0.3) is 0 Å². The maximum absolute atomic E-state index is 10.3. The molecule has 0 radical (unpaired) electrons. The molecule has 1 fully saturated rings. The van der Waals surface area contributed by atoms with Crippen molar-refractivity contribution in [3.8, 4) is 0 Å². The highest BCUT2D eigenvalue weighted by molar-refractivity contribution is 5.79. The van der Waals surface area contributed by atoms with Crippen LogP contribution in [0.2, 0.25) is 0 Å². The van der Waals surface area contributed by atoms with E-state index in [2.05, 4.69) is 0 Å². The first-order valence-electron chi connectivity index (χ1n) is 4.55. The molecule has 3 heteroatoms. The minimum Gasteiger partial charge on any atom is -0.478 e. The van der Waals surface area contributed by atoms with Crippen LogP contribution in [0.4, 0.5) is 0 Å². The minimum atomic E-state index is -0.871. The Morgan fingerprint density at radius 1 is 1.62 bits per heavy atom. The second-order valence-electron chi connectivity index (χ2n) is 4.06. The molecule has 0 aromatic heterocycles. The van der Waals surface area contributed by atoms with E-state index in [1.807, 2.05) is 13.8 Å². The van der Waals surface area contributed by atoms with Crippen LogP contribution in [-0.2, 0) is 9.53 Å². The molecule has 0 unspecified atom stereocenters. The van der Waals surface area contributed by atoms with Crippen molar-refractivity contribution in [1.82, 2.24) is 0 Å². The standard InChI is InChI=1S/C10H16O3/c1-10(2)7-8(5-6-13-10)3-4-9(11)12/h3-4,8H,5-7H2,1-2H3,(H,11,12)/b4-3+/t8-/m1/s1. The van der Waals surface area contributed by atoms with E-state index in [-0.39, 0.29) is 5.60 Å². The van der Waals surface area contributed by atoms with Gasteiger partial charge in [0.1, 0.15) is 0 Å². The second kappa shape index (κ2) is 3.92. The third kappa shape index (κ3) is 3.59. The van der Waals surface area contributed by atoms with Gasteiger partial charge in [-0.2, -0.15) is 0 Å². The van der Waals surface area contributed by atoms with Crippen LogP contribution >= 0.6 is 0 Å². The van der Waals surface area contributed by atoms with Crippen molar-refractivity contribution in [2.24, 2.45) is 5.92 Å². The largest absolute Gasteiger partial charge is 0.478 e. The fourth-order valence-electron chi connectivity index (χ4n) is 1.66. The number of hydrogen-bond donors (Lipinski definition) is 1. The topological polar surface area (TPSA) is 46.5 Å². The Labute approximate surface area is 78.4 Å². The van der Waals surface area contributed by atoms with Crippen LogP contribution < -0.4 is 0 Å². The fourth-order valence-corrected chi connectivity index (χ4v) is 1.66. The van der Waals surface area contributed by atoms with Gasteiger partial charge < -0.3 is 9.84 Å². The lowest BCUT2D eigenvalue weighted by Gasteiger charge is -2.34. The molecule has 0 saturated carbocycles. The molecule has 1 N–H and O–H groups in total. The van der Waals surface area contributed by atoms with E-state index in [4.69, 9.17) is 9.84 Å². The lowest BCUT2D eigenvalue weighted by atomic mass is 9.88. The number of allylic oxidation sites excluding steroid dienone is 1. The van der Waals surface area contributed by atoms with Crippen molar-refractivity contribution >= 4 is 5.97 Å². The van der Waals surface area contributed by atoms with E-state index in [0.717, 1.165) is 19.4 Å². The highest BCUT2D eigenvalue weighted by atomic mass is 16.5. The molecule has 74 valence electrons. The highest BCUT2D eigenvalue weighted by Gasteiger charge is 2.27. The first kappa shape index (κ1) is 10.3. The Bertz CT molecular complexity index is 218. The van der Waals surface area contributed by atoms with Crippen LogP contribution in [0, 0.1) is 5.92 Å². The summed E-state index contributed by atoms with van der Waals surface area (Å²) in [4.78, 5) is 10.3. The molecule has 0 amide bonds. The third-order valence-electron chi connectivity index (χ3n) is 2.25. The maximum Gasteiger partial charge on any atom is 0.327 e. The number of carboxylic acid groups (broad SMARTS) is 1. The summed E-state index contributed by atoms with van der Waals surface area (Å²) in [6, 6.07) is 0. The quantitative estimate of drug-likeness (QED) is 0.666. The molecule has 1 rings (SSSR count). The molecule has 3 nitrogen and oxygen atoms in total. The third-order valence-corrected chi connectivity index (χ3v) is 2.25. The first-order valence-corrected chi connectivity index (χ1v) is 4.55. The van der Waals surface area contributed by atoms with E-state index in [1.54, 1.807) is 6.08 Å². The summed E-state index contributed by atoms with van der Waals surface area (Å²) < 4.78 is 5.52. The van der Waals surface area contributed by atoms with Gasteiger partial charge in [0, 0.05) is 12.7 Å². The molecule has 1 heterocycles. The lowest BCUT2D eigenvalue weighted by molar-refractivity contribution is -0.131. The zero-order valence-corrected chi connectivity index (χ0v) is 8.12. The predicted octanol–water partition coefficient (Wildman–Crippen LogP) is 1.83. The minimum absolute atomic E-state index is 0.105. The van der Waals surface area contributed by atoms with Gasteiger partial charge in [0.2, 0.25) is 0 Å². The van der Waals surface area contributed by atoms with Crippen molar-refractivity contribution in [2.75, 3.05) is 6.61 Å². The number of ether oxygens (including phenoxy) is 1. The summed E-state index contributed by atoms with van der Waals surface area (Å²) in [5, 5.41) is 8.46. The number of carbonyl (C=O) groups is 1. The molecule has 1 atom stereocenters. The van der Waals surface area contributed by atoms with Gasteiger partial charge in [-0.25, -0.2) is 4.79 Å². The first-order chi connectivity index (χ1) is 5.99. The Kier molecular flexibility index (Phi) is 3.09. The van der Waals surface area contributed by atoms with E-state index in [9.17, 15) is 4.79 Å². The Balaban J connectivity index is 2.48. The molecule has 1 saturated heterocycles. The van der Waals surface area contributed by atoms with Gasteiger partial charge in [-0.1, -0.05) is 6.08 Å². The van der Waals surface area contributed by atoms with Crippen LogP contribution in [0.15, 0.2) is 12.2 Å². The van der Waals surface area contributed by atoms with Gasteiger partial charge >= 0.3 is 5.97 Å². The number of rotatable bonds is 2. The molecule has 0 aromatic carbocycles. The van der Waals surface area contributed by atoms with Crippen molar-refractivity contribution in [1.29, 1.82) is 0 Å². The van der Waals surface area contributed by atoms with Crippen LogP contribution in [-0.4, -0.2) is 23.3 Å². The maximum atomic E-state index is 10.3. The summed E-state index contributed by atoms with van der Waals surface area (Å²) >= 11 is 0. The molecular formula is C10H16O3. The van der Waals surface area contributed by atoms with Crippen LogP contribution in [0.1, 0.15) is 26.7 Å². The van der Waals surface area contributed by atoms with E-state index < -0.39 is 5.97 Å².